The second kappa shape index (κ2) is 4.73. The Balaban J connectivity index is 1.62. The maximum absolute atomic E-state index is 11.8. The Morgan fingerprint density at radius 2 is 1.95 bits per heavy atom. The van der Waals surface area contributed by atoms with Crippen molar-refractivity contribution in [2.75, 3.05) is 11.9 Å². The Kier molecular flexibility index (Phi) is 3.06. The van der Waals surface area contributed by atoms with Crippen LogP contribution in [0.3, 0.4) is 0 Å². The minimum atomic E-state index is -0.365. The molecule has 2 heterocycles. The third-order valence-electron chi connectivity index (χ3n) is 3.30. The average Bonchev–Trinajstić information content (AvgIpc) is 2.99. The predicted molar refractivity (Wildman–Crippen MR) is 68.7 cm³/mol. The van der Waals surface area contributed by atoms with Gasteiger partial charge in [0.1, 0.15) is 6.54 Å². The van der Waals surface area contributed by atoms with E-state index in [9.17, 15) is 14.4 Å². The lowest BCUT2D eigenvalue weighted by atomic mass is 10.4. The number of rotatable bonds is 3. The topological polar surface area (TPSA) is 79.4 Å². The molecule has 0 saturated carbocycles. The molecule has 1 fully saturated rings. The molecule has 6 nitrogen and oxygen atoms in total. The Bertz CT molecular complexity index is 529. The number of fused-ring (bicyclic) bond motifs is 1. The molecule has 100 valence electrons. The van der Waals surface area contributed by atoms with Gasteiger partial charge in [-0.1, -0.05) is 0 Å². The van der Waals surface area contributed by atoms with Crippen molar-refractivity contribution in [2.45, 2.75) is 32.1 Å². The number of anilines is 1. The summed E-state index contributed by atoms with van der Waals surface area (Å²) in [5.41, 5.74) is 1.06. The highest BCUT2D eigenvalue weighted by Gasteiger charge is 2.30. The fraction of sp³-hybridized carbons (Fsp3) is 0.500. The van der Waals surface area contributed by atoms with Gasteiger partial charge in [0.05, 0.1) is 5.69 Å². The van der Waals surface area contributed by atoms with Gasteiger partial charge in [-0.15, -0.1) is 11.3 Å². The molecule has 0 bridgehead atoms. The van der Waals surface area contributed by atoms with Crippen LogP contribution in [0.5, 0.6) is 0 Å². The Labute approximate surface area is 113 Å². The van der Waals surface area contributed by atoms with Crippen LogP contribution >= 0.6 is 11.3 Å². The molecule has 1 aliphatic carbocycles. The molecule has 3 amide bonds. The van der Waals surface area contributed by atoms with E-state index in [1.54, 1.807) is 0 Å². The molecule has 1 aliphatic heterocycles. The fourth-order valence-corrected chi connectivity index (χ4v) is 3.41. The zero-order valence-corrected chi connectivity index (χ0v) is 11.1. The first-order chi connectivity index (χ1) is 9.13. The summed E-state index contributed by atoms with van der Waals surface area (Å²) in [6.07, 6.45) is 3.52. The fourth-order valence-electron chi connectivity index (χ4n) is 2.35. The molecule has 1 saturated heterocycles. The molecule has 0 aromatic carbocycles. The van der Waals surface area contributed by atoms with Crippen LogP contribution in [0.2, 0.25) is 0 Å². The van der Waals surface area contributed by atoms with Crippen LogP contribution < -0.4 is 5.32 Å². The normalized spacial score (nSPS) is 18.0. The maximum Gasteiger partial charge on any atom is 0.246 e. The first kappa shape index (κ1) is 12.3. The second-order valence-electron chi connectivity index (χ2n) is 4.66. The number of nitrogens with zero attached hydrogens (tertiary/aromatic N) is 2. The summed E-state index contributed by atoms with van der Waals surface area (Å²) in [6.45, 7) is -0.206. The number of likely N-dealkylation sites (tertiary alicyclic amines) is 1. The molecule has 0 radical (unpaired) electrons. The van der Waals surface area contributed by atoms with Crippen molar-refractivity contribution in [3.63, 3.8) is 0 Å². The Morgan fingerprint density at radius 1 is 1.21 bits per heavy atom. The van der Waals surface area contributed by atoms with Crippen LogP contribution in [-0.2, 0) is 27.2 Å². The molecule has 3 rings (SSSR count). The zero-order chi connectivity index (χ0) is 13.4. The maximum atomic E-state index is 11.8. The number of nitrogens with one attached hydrogen (secondary N) is 1. The molecule has 0 atom stereocenters. The summed E-state index contributed by atoms with van der Waals surface area (Å²) in [5, 5.41) is 3.23. The summed E-state index contributed by atoms with van der Waals surface area (Å²) in [5.74, 6) is -0.917. The first-order valence-electron chi connectivity index (χ1n) is 6.25. The molecule has 19 heavy (non-hydrogen) atoms. The van der Waals surface area contributed by atoms with Gasteiger partial charge in [0.2, 0.25) is 17.7 Å². The van der Waals surface area contributed by atoms with Crippen molar-refractivity contribution in [3.8, 4) is 0 Å². The van der Waals surface area contributed by atoms with E-state index in [4.69, 9.17) is 0 Å². The number of thiazole rings is 1. The largest absolute Gasteiger partial charge is 0.300 e. The quantitative estimate of drug-likeness (QED) is 0.827. The SMILES string of the molecule is O=C(CN1C(=O)CCC1=O)Nc1nc2c(s1)CCC2. The van der Waals surface area contributed by atoms with E-state index in [-0.39, 0.29) is 37.1 Å². The van der Waals surface area contributed by atoms with Gasteiger partial charge in [-0.25, -0.2) is 4.98 Å². The molecule has 1 N–H and O–H groups in total. The van der Waals surface area contributed by atoms with Gasteiger partial charge >= 0.3 is 0 Å². The van der Waals surface area contributed by atoms with Crippen LogP contribution in [0.15, 0.2) is 0 Å². The molecule has 1 aromatic rings. The Morgan fingerprint density at radius 3 is 2.63 bits per heavy atom. The van der Waals surface area contributed by atoms with Gasteiger partial charge in [0.25, 0.3) is 0 Å². The number of hydrogen-bond acceptors (Lipinski definition) is 5. The minimum absolute atomic E-state index is 0.206. The van der Waals surface area contributed by atoms with E-state index in [0.29, 0.717) is 5.13 Å². The molecule has 0 spiro atoms. The first-order valence-corrected chi connectivity index (χ1v) is 7.07. The average molecular weight is 279 g/mol. The molecule has 1 aromatic heterocycles. The number of carbonyl (C=O) groups excluding carboxylic acids is 3. The number of hydrogen-bond donors (Lipinski definition) is 1. The highest BCUT2D eigenvalue weighted by molar-refractivity contribution is 7.15. The highest BCUT2D eigenvalue weighted by Crippen LogP contribution is 2.30. The van der Waals surface area contributed by atoms with Crippen LogP contribution in [0, 0.1) is 0 Å². The number of amides is 3. The van der Waals surface area contributed by atoms with Crippen molar-refractivity contribution in [1.82, 2.24) is 9.88 Å². The van der Waals surface area contributed by atoms with Crippen molar-refractivity contribution in [2.24, 2.45) is 0 Å². The lowest BCUT2D eigenvalue weighted by molar-refractivity contribution is -0.141. The zero-order valence-electron chi connectivity index (χ0n) is 10.3. The van der Waals surface area contributed by atoms with E-state index in [1.807, 2.05) is 0 Å². The van der Waals surface area contributed by atoms with Crippen molar-refractivity contribution in [3.05, 3.63) is 10.6 Å². The summed E-state index contributed by atoms with van der Waals surface area (Å²) < 4.78 is 0. The van der Waals surface area contributed by atoms with Crippen molar-refractivity contribution in [1.29, 1.82) is 0 Å². The van der Waals surface area contributed by atoms with E-state index in [0.717, 1.165) is 29.9 Å². The van der Waals surface area contributed by atoms with E-state index >= 15 is 0 Å². The smallest absolute Gasteiger partial charge is 0.246 e. The Hall–Kier alpha value is -1.76. The molecular formula is C12H13N3O3S. The van der Waals surface area contributed by atoms with Gasteiger partial charge in [0, 0.05) is 17.7 Å². The van der Waals surface area contributed by atoms with Gasteiger partial charge < -0.3 is 5.32 Å². The lowest BCUT2D eigenvalue weighted by Gasteiger charge is -2.12. The van der Waals surface area contributed by atoms with Crippen LogP contribution in [-0.4, -0.2) is 34.2 Å². The van der Waals surface area contributed by atoms with Gasteiger partial charge in [-0.2, -0.15) is 0 Å². The van der Waals surface area contributed by atoms with Crippen LogP contribution in [0.25, 0.3) is 0 Å². The van der Waals surface area contributed by atoms with Crippen molar-refractivity contribution < 1.29 is 14.4 Å². The number of aromatic nitrogens is 1. The van der Waals surface area contributed by atoms with E-state index in [2.05, 4.69) is 10.3 Å². The van der Waals surface area contributed by atoms with Gasteiger partial charge in [-0.3, -0.25) is 19.3 Å². The third kappa shape index (κ3) is 2.37. The summed E-state index contributed by atoms with van der Waals surface area (Å²) in [7, 11) is 0. The molecule has 2 aliphatic rings. The summed E-state index contributed by atoms with van der Waals surface area (Å²) >= 11 is 1.48. The number of aryl methyl sites for hydroxylation is 2. The molecule has 7 heteroatoms. The summed E-state index contributed by atoms with van der Waals surface area (Å²) in [4.78, 5) is 41.2. The third-order valence-corrected chi connectivity index (χ3v) is 4.37. The molecular weight excluding hydrogens is 266 g/mol. The minimum Gasteiger partial charge on any atom is -0.300 e. The van der Waals surface area contributed by atoms with Gasteiger partial charge in [-0.05, 0) is 19.3 Å². The molecule has 0 unspecified atom stereocenters. The monoisotopic (exact) mass is 279 g/mol. The highest BCUT2D eigenvalue weighted by atomic mass is 32.1. The lowest BCUT2D eigenvalue weighted by Crippen LogP contribution is -2.36. The second-order valence-corrected chi connectivity index (χ2v) is 5.75. The van der Waals surface area contributed by atoms with Crippen LogP contribution in [0.1, 0.15) is 29.8 Å². The van der Waals surface area contributed by atoms with Crippen molar-refractivity contribution >= 4 is 34.2 Å². The summed E-state index contributed by atoms with van der Waals surface area (Å²) in [6, 6.07) is 0. The number of carbonyl (C=O) groups is 3. The standard InChI is InChI=1S/C12H13N3O3S/c16-9(6-15-10(17)4-5-11(15)18)14-12-13-7-2-1-3-8(7)19-12/h1-6H2,(H,13,14,16). The van der Waals surface area contributed by atoms with Gasteiger partial charge in [0.15, 0.2) is 5.13 Å². The van der Waals surface area contributed by atoms with E-state index < -0.39 is 0 Å². The van der Waals surface area contributed by atoms with E-state index in [1.165, 1.54) is 16.2 Å². The number of imide groups is 1. The predicted octanol–water partition coefficient (Wildman–Crippen LogP) is 0.719. The van der Waals surface area contributed by atoms with Crippen LogP contribution in [0.4, 0.5) is 5.13 Å².